The first-order valence-electron chi connectivity index (χ1n) is 11.0. The first-order valence-corrected chi connectivity index (χ1v) is 13.5. The van der Waals surface area contributed by atoms with Gasteiger partial charge in [-0.2, -0.15) is 5.10 Å². The predicted octanol–water partition coefficient (Wildman–Crippen LogP) is 3.79. The molecule has 0 unspecified atom stereocenters. The molecular weight excluding hydrogens is 495 g/mol. The Balaban J connectivity index is 1.76. The molecule has 0 aliphatic carbocycles. The summed E-state index contributed by atoms with van der Waals surface area (Å²) < 4.78 is 31.3. The molecule has 2 N–H and O–H groups in total. The first-order chi connectivity index (χ1) is 16.2. The summed E-state index contributed by atoms with van der Waals surface area (Å²) in [6, 6.07) is 7.56. The fourth-order valence-electron chi connectivity index (χ4n) is 4.24. The fourth-order valence-corrected chi connectivity index (χ4v) is 6.44. The minimum Gasteiger partial charge on any atom is -0.354 e. The Morgan fingerprint density at radius 3 is 2.26 bits per heavy atom. The smallest absolute Gasteiger partial charge is 0.262 e. The lowest BCUT2D eigenvalue weighted by atomic mass is 10.0. The number of nitrogens with zero attached hydrogens (tertiary/aromatic N) is 4. The number of sulfonamides is 1. The second kappa shape index (κ2) is 10.1. The van der Waals surface area contributed by atoms with E-state index in [1.54, 1.807) is 24.9 Å². The van der Waals surface area contributed by atoms with E-state index in [0.717, 1.165) is 48.8 Å². The largest absolute Gasteiger partial charge is 0.354 e. The Morgan fingerprint density at radius 1 is 1.06 bits per heavy atom. The molecule has 2 aromatic heterocycles. The maximum atomic E-state index is 13.5. The number of hydrogen-bond donors (Lipinski definition) is 2. The van der Waals surface area contributed by atoms with Gasteiger partial charge in [0.05, 0.1) is 22.0 Å². The third kappa shape index (κ3) is 4.88. The van der Waals surface area contributed by atoms with Crippen molar-refractivity contribution in [3.8, 4) is 11.1 Å². The molecule has 3 aromatic rings. The summed E-state index contributed by atoms with van der Waals surface area (Å²) in [5.41, 5.74) is 4.52. The molecule has 3 heterocycles. The Kier molecular flexibility index (Phi) is 7.37. The minimum atomic E-state index is -3.95. The number of piperazine rings is 1. The molecule has 8 nitrogen and oxygen atoms in total. The summed E-state index contributed by atoms with van der Waals surface area (Å²) >= 11 is 12.5. The number of alkyl halides is 2. The van der Waals surface area contributed by atoms with Gasteiger partial charge in [0.25, 0.3) is 10.0 Å². The number of aryl methyl sites for hydroxylation is 2. The molecule has 0 spiro atoms. The number of anilines is 2. The minimum absolute atomic E-state index is 0.0225. The van der Waals surface area contributed by atoms with Crippen molar-refractivity contribution in [3.63, 3.8) is 0 Å². The average Bonchev–Trinajstić information content (AvgIpc) is 3.09. The van der Waals surface area contributed by atoms with Gasteiger partial charge < -0.3 is 10.2 Å². The van der Waals surface area contributed by atoms with Gasteiger partial charge in [0.2, 0.25) is 0 Å². The van der Waals surface area contributed by atoms with E-state index in [1.165, 1.54) is 0 Å². The molecule has 11 heteroatoms. The first kappa shape index (κ1) is 24.8. The van der Waals surface area contributed by atoms with Crippen LogP contribution >= 0.6 is 23.2 Å². The number of pyridine rings is 1. The molecule has 1 aliphatic rings. The monoisotopic (exact) mass is 522 g/mol. The third-order valence-corrected chi connectivity index (χ3v) is 8.18. The third-order valence-electron chi connectivity index (χ3n) is 6.06. The highest BCUT2D eigenvalue weighted by atomic mass is 35.5. The summed E-state index contributed by atoms with van der Waals surface area (Å²) in [7, 11) is -2.18. The Labute approximate surface area is 210 Å². The summed E-state index contributed by atoms with van der Waals surface area (Å²) in [6.07, 6.45) is 1.77. The number of hydrogen-bond acceptors (Lipinski definition) is 6. The zero-order valence-corrected chi connectivity index (χ0v) is 21.7. The molecule has 1 fully saturated rings. The summed E-state index contributed by atoms with van der Waals surface area (Å²) in [5, 5.41) is 7.64. The lowest BCUT2D eigenvalue weighted by Gasteiger charge is -2.28. The fraction of sp³-hybridized carbons (Fsp3) is 0.391. The highest BCUT2D eigenvalue weighted by molar-refractivity contribution is 7.92. The van der Waals surface area contributed by atoms with E-state index in [4.69, 9.17) is 23.2 Å². The molecule has 4 rings (SSSR count). The van der Waals surface area contributed by atoms with E-state index in [-0.39, 0.29) is 16.7 Å². The van der Waals surface area contributed by atoms with E-state index >= 15 is 0 Å². The topological polar surface area (TPSA) is 92.1 Å². The maximum Gasteiger partial charge on any atom is 0.262 e. The van der Waals surface area contributed by atoms with Crippen molar-refractivity contribution in [1.82, 2.24) is 20.1 Å². The molecule has 0 amide bonds. The summed E-state index contributed by atoms with van der Waals surface area (Å²) in [6.45, 7) is 7.16. The van der Waals surface area contributed by atoms with Gasteiger partial charge in [-0.05, 0) is 60.4 Å². The van der Waals surface area contributed by atoms with Crippen LogP contribution in [0, 0.1) is 13.8 Å². The average molecular weight is 523 g/mol. The lowest BCUT2D eigenvalue weighted by Crippen LogP contribution is -2.43. The van der Waals surface area contributed by atoms with Gasteiger partial charge in [0.1, 0.15) is 5.82 Å². The van der Waals surface area contributed by atoms with Crippen LogP contribution in [0.2, 0.25) is 0 Å². The van der Waals surface area contributed by atoms with Crippen molar-refractivity contribution in [2.75, 3.05) is 35.8 Å². The Hall–Kier alpha value is -2.33. The highest BCUT2D eigenvalue weighted by Crippen LogP contribution is 2.34. The van der Waals surface area contributed by atoms with Crippen molar-refractivity contribution < 1.29 is 8.42 Å². The molecule has 1 aromatic carbocycles. The van der Waals surface area contributed by atoms with Crippen molar-refractivity contribution in [3.05, 3.63) is 53.0 Å². The molecule has 1 saturated heterocycles. The molecule has 182 valence electrons. The van der Waals surface area contributed by atoms with E-state index in [2.05, 4.69) is 25.0 Å². The van der Waals surface area contributed by atoms with E-state index in [9.17, 15) is 8.42 Å². The van der Waals surface area contributed by atoms with E-state index in [0.29, 0.717) is 22.5 Å². The lowest BCUT2D eigenvalue weighted by molar-refractivity contribution is 0.585. The number of halogens is 2. The van der Waals surface area contributed by atoms with Crippen molar-refractivity contribution in [2.45, 2.75) is 30.5 Å². The molecular formula is C23H28Cl2N6O2S. The van der Waals surface area contributed by atoms with Crippen molar-refractivity contribution >= 4 is 44.7 Å². The van der Waals surface area contributed by atoms with Gasteiger partial charge in [-0.15, -0.1) is 23.2 Å². The number of rotatable bonds is 7. The van der Waals surface area contributed by atoms with Gasteiger partial charge in [0, 0.05) is 51.2 Å². The molecule has 0 saturated carbocycles. The Morgan fingerprint density at radius 2 is 1.71 bits per heavy atom. The number of benzene rings is 1. The van der Waals surface area contributed by atoms with Gasteiger partial charge in [0.15, 0.2) is 0 Å². The van der Waals surface area contributed by atoms with Crippen LogP contribution in [0.4, 0.5) is 11.5 Å². The normalized spacial score (nSPS) is 14.4. The standard InChI is InChI=1S/C23H28Cl2N6O2S/c1-15-22(16(2)30(3)28-15)29-34(32,33)23-19(13-24)10-18(11-20(23)14-25)17-4-5-27-21(12-17)31-8-6-26-7-9-31/h4-5,10-12,26,29H,6-9,13-14H2,1-3H3. The maximum absolute atomic E-state index is 13.5. The van der Waals surface area contributed by atoms with Crippen LogP contribution in [0.5, 0.6) is 0 Å². The summed E-state index contributed by atoms with van der Waals surface area (Å²) in [5.74, 6) is 0.934. The van der Waals surface area contributed by atoms with Gasteiger partial charge in [-0.1, -0.05) is 0 Å². The second-order valence-corrected chi connectivity index (χ2v) is 10.5. The molecule has 0 radical (unpaired) electrons. The second-order valence-electron chi connectivity index (χ2n) is 8.31. The van der Waals surface area contributed by atoms with Crippen LogP contribution in [0.15, 0.2) is 35.4 Å². The van der Waals surface area contributed by atoms with Gasteiger partial charge in [-0.25, -0.2) is 13.4 Å². The number of aromatic nitrogens is 3. The van der Waals surface area contributed by atoms with E-state index in [1.807, 2.05) is 31.2 Å². The highest BCUT2D eigenvalue weighted by Gasteiger charge is 2.26. The van der Waals surface area contributed by atoms with Gasteiger partial charge >= 0.3 is 0 Å². The predicted molar refractivity (Wildman–Crippen MR) is 137 cm³/mol. The van der Waals surface area contributed by atoms with E-state index < -0.39 is 10.0 Å². The van der Waals surface area contributed by atoms with Crippen molar-refractivity contribution in [2.24, 2.45) is 7.05 Å². The SMILES string of the molecule is Cc1nn(C)c(C)c1NS(=O)(=O)c1c(CCl)cc(-c2ccnc(N3CCNCC3)c2)cc1CCl. The number of nitrogens with one attached hydrogen (secondary N) is 2. The van der Waals surface area contributed by atoms with Crippen molar-refractivity contribution in [1.29, 1.82) is 0 Å². The van der Waals surface area contributed by atoms with Crippen LogP contribution in [-0.2, 0) is 28.8 Å². The van der Waals surface area contributed by atoms with Crippen LogP contribution in [-0.4, -0.2) is 49.4 Å². The molecule has 0 bridgehead atoms. The van der Waals surface area contributed by atoms with Gasteiger partial charge in [-0.3, -0.25) is 9.40 Å². The van der Waals surface area contributed by atoms with Crippen LogP contribution in [0.25, 0.3) is 11.1 Å². The zero-order chi connectivity index (χ0) is 24.5. The molecule has 0 atom stereocenters. The molecule has 1 aliphatic heterocycles. The molecule has 34 heavy (non-hydrogen) atoms. The van der Waals surface area contributed by atoms with Crippen LogP contribution < -0.4 is 14.9 Å². The summed E-state index contributed by atoms with van der Waals surface area (Å²) in [4.78, 5) is 6.87. The van der Waals surface area contributed by atoms with Crippen LogP contribution in [0.1, 0.15) is 22.5 Å². The Bertz CT molecular complexity index is 1280. The zero-order valence-electron chi connectivity index (χ0n) is 19.4. The van der Waals surface area contributed by atoms with Crippen LogP contribution in [0.3, 0.4) is 0 Å². The quantitative estimate of drug-likeness (QED) is 0.458.